The summed E-state index contributed by atoms with van der Waals surface area (Å²) in [6.45, 7) is 0. The molecule has 3 nitrogen and oxygen atoms in total. The first-order valence-corrected chi connectivity index (χ1v) is 5.96. The van der Waals surface area contributed by atoms with Gasteiger partial charge in [-0.05, 0) is 12.1 Å². The maximum absolute atomic E-state index is 13.3. The van der Waals surface area contributed by atoms with E-state index in [1.54, 1.807) is 12.1 Å². The molecule has 1 heterocycles. The van der Waals surface area contributed by atoms with Crippen LogP contribution in [0.4, 0.5) is 9.52 Å². The van der Waals surface area contributed by atoms with Crippen molar-refractivity contribution in [3.8, 4) is 0 Å². The number of benzene rings is 1. The summed E-state index contributed by atoms with van der Waals surface area (Å²) in [5.74, 6) is -0.341. The summed E-state index contributed by atoms with van der Waals surface area (Å²) >= 11 is 6.67. The van der Waals surface area contributed by atoms with Crippen LogP contribution in [0.25, 0.3) is 10.2 Å². The number of nitrogens with zero attached hydrogens (tertiary/aromatic N) is 1. The molecule has 0 fully saturated rings. The van der Waals surface area contributed by atoms with Gasteiger partial charge in [0.1, 0.15) is 11.3 Å². The van der Waals surface area contributed by atoms with E-state index >= 15 is 0 Å². The van der Waals surface area contributed by atoms with Crippen molar-refractivity contribution < 1.29 is 9.18 Å². The van der Waals surface area contributed by atoms with E-state index in [2.05, 4.69) is 10.3 Å². The zero-order valence-electron chi connectivity index (χ0n) is 8.17. The van der Waals surface area contributed by atoms with E-state index in [9.17, 15) is 9.18 Å². The Balaban J connectivity index is 2.26. The van der Waals surface area contributed by atoms with Crippen molar-refractivity contribution >= 4 is 44.2 Å². The molecular weight excluding hydrogens is 251 g/mol. The lowest BCUT2D eigenvalue weighted by atomic mass is 10.3. The lowest BCUT2D eigenvalue weighted by Gasteiger charge is -1.96. The smallest absolute Gasteiger partial charge is 0.227 e. The predicted octanol–water partition coefficient (Wildman–Crippen LogP) is 3.00. The molecule has 0 aliphatic rings. The molecule has 1 aromatic heterocycles. The largest absolute Gasteiger partial charge is 0.302 e. The lowest BCUT2D eigenvalue weighted by molar-refractivity contribution is -0.115. The summed E-state index contributed by atoms with van der Waals surface area (Å²) in [6, 6.07) is 4.71. The van der Waals surface area contributed by atoms with Gasteiger partial charge in [-0.3, -0.25) is 4.79 Å². The Morgan fingerprint density at radius 1 is 1.56 bits per heavy atom. The van der Waals surface area contributed by atoms with Crippen molar-refractivity contribution in [2.45, 2.75) is 6.42 Å². The summed E-state index contributed by atoms with van der Waals surface area (Å²) in [5.41, 5.74) is 0.286. The maximum Gasteiger partial charge on any atom is 0.227 e. The van der Waals surface area contributed by atoms with Gasteiger partial charge < -0.3 is 5.32 Å². The molecule has 0 saturated carbocycles. The quantitative estimate of drug-likeness (QED) is 0.860. The fourth-order valence-electron chi connectivity index (χ4n) is 1.24. The summed E-state index contributed by atoms with van der Waals surface area (Å²) < 4.78 is 14.0. The fourth-order valence-corrected chi connectivity index (χ4v) is 2.30. The normalized spacial score (nSPS) is 10.6. The van der Waals surface area contributed by atoms with Crippen LogP contribution in [0.1, 0.15) is 6.42 Å². The number of hydrogen-bond acceptors (Lipinski definition) is 3. The Bertz CT molecular complexity index is 529. The van der Waals surface area contributed by atoms with Gasteiger partial charge in [-0.1, -0.05) is 17.4 Å². The Morgan fingerprint density at radius 2 is 2.38 bits per heavy atom. The summed E-state index contributed by atoms with van der Waals surface area (Å²) in [4.78, 5) is 15.3. The van der Waals surface area contributed by atoms with E-state index in [0.717, 1.165) is 0 Å². The monoisotopic (exact) mass is 258 g/mol. The first-order valence-electron chi connectivity index (χ1n) is 4.61. The number of carbonyl (C=O) groups excluding carboxylic acids is 1. The molecule has 6 heteroatoms. The number of carbonyl (C=O) groups is 1. The van der Waals surface area contributed by atoms with Gasteiger partial charge in [-0.25, -0.2) is 9.37 Å². The summed E-state index contributed by atoms with van der Waals surface area (Å²) in [6.07, 6.45) is 0.222. The van der Waals surface area contributed by atoms with Gasteiger partial charge in [0.05, 0.1) is 4.70 Å². The van der Waals surface area contributed by atoms with Gasteiger partial charge in [0.15, 0.2) is 5.13 Å². The number of aromatic nitrogens is 1. The molecule has 84 valence electrons. The second-order valence-electron chi connectivity index (χ2n) is 3.09. The second kappa shape index (κ2) is 4.76. The third kappa shape index (κ3) is 2.31. The average molecular weight is 259 g/mol. The third-order valence-corrected chi connectivity index (χ3v) is 3.06. The molecule has 0 bridgehead atoms. The molecule has 0 saturated heterocycles. The highest BCUT2D eigenvalue weighted by Gasteiger charge is 2.09. The molecule has 0 aliphatic heterocycles. The maximum atomic E-state index is 13.3. The van der Waals surface area contributed by atoms with Crippen LogP contribution in [-0.2, 0) is 4.79 Å². The Kier molecular flexibility index (Phi) is 3.36. The van der Waals surface area contributed by atoms with Crippen molar-refractivity contribution in [3.05, 3.63) is 24.0 Å². The van der Waals surface area contributed by atoms with Crippen LogP contribution in [0, 0.1) is 5.82 Å². The van der Waals surface area contributed by atoms with E-state index in [-0.39, 0.29) is 29.5 Å². The van der Waals surface area contributed by atoms with Crippen molar-refractivity contribution in [3.63, 3.8) is 0 Å². The molecule has 0 spiro atoms. The highest BCUT2D eigenvalue weighted by molar-refractivity contribution is 7.22. The minimum absolute atomic E-state index is 0.213. The number of fused-ring (bicyclic) bond motifs is 1. The van der Waals surface area contributed by atoms with Crippen LogP contribution in [0.2, 0.25) is 0 Å². The third-order valence-electron chi connectivity index (χ3n) is 1.94. The lowest BCUT2D eigenvalue weighted by Crippen LogP contribution is -2.11. The SMILES string of the molecule is O=C(CCCl)Nc1nc2c(F)cccc2s1. The Hall–Kier alpha value is -1.20. The standard InChI is InChI=1S/C10H8ClFN2OS/c11-5-4-8(15)13-10-14-9-6(12)2-1-3-7(9)16-10/h1-3H,4-5H2,(H,13,14,15). The number of thiazole rings is 1. The van der Waals surface area contributed by atoms with E-state index in [1.165, 1.54) is 17.4 Å². The predicted molar refractivity (Wildman–Crippen MR) is 63.5 cm³/mol. The molecule has 16 heavy (non-hydrogen) atoms. The number of hydrogen-bond donors (Lipinski definition) is 1. The van der Waals surface area contributed by atoms with Crippen LogP contribution in [0.15, 0.2) is 18.2 Å². The molecule has 1 amide bonds. The molecule has 0 atom stereocenters. The number of para-hydroxylation sites is 1. The van der Waals surface area contributed by atoms with Crippen LogP contribution in [0.5, 0.6) is 0 Å². The molecule has 0 aliphatic carbocycles. The van der Waals surface area contributed by atoms with E-state index in [0.29, 0.717) is 9.83 Å². The zero-order chi connectivity index (χ0) is 11.5. The van der Waals surface area contributed by atoms with E-state index < -0.39 is 0 Å². The Labute approximate surface area is 100 Å². The van der Waals surface area contributed by atoms with Crippen LogP contribution in [-0.4, -0.2) is 16.8 Å². The van der Waals surface area contributed by atoms with Crippen molar-refractivity contribution in [1.29, 1.82) is 0 Å². The summed E-state index contributed by atoms with van der Waals surface area (Å²) in [7, 11) is 0. The van der Waals surface area contributed by atoms with Gasteiger partial charge in [-0.2, -0.15) is 0 Å². The van der Waals surface area contributed by atoms with Crippen molar-refractivity contribution in [2.24, 2.45) is 0 Å². The minimum Gasteiger partial charge on any atom is -0.302 e. The minimum atomic E-state index is -0.383. The number of nitrogens with one attached hydrogen (secondary N) is 1. The molecular formula is C10H8ClFN2OS. The Morgan fingerprint density at radius 3 is 3.06 bits per heavy atom. The number of rotatable bonds is 3. The number of halogens is 2. The topological polar surface area (TPSA) is 42.0 Å². The van der Waals surface area contributed by atoms with Crippen LogP contribution >= 0.6 is 22.9 Å². The van der Waals surface area contributed by atoms with Gasteiger partial charge >= 0.3 is 0 Å². The van der Waals surface area contributed by atoms with Gasteiger partial charge in [-0.15, -0.1) is 11.6 Å². The second-order valence-corrected chi connectivity index (χ2v) is 4.50. The molecule has 1 N–H and O–H groups in total. The number of amides is 1. The molecule has 2 aromatic rings. The molecule has 1 aromatic carbocycles. The first-order chi connectivity index (χ1) is 7.70. The van der Waals surface area contributed by atoms with Gasteiger partial charge in [0, 0.05) is 12.3 Å². The fraction of sp³-hybridized carbons (Fsp3) is 0.200. The average Bonchev–Trinajstić information content (AvgIpc) is 2.62. The van der Waals surface area contributed by atoms with E-state index in [1.807, 2.05) is 0 Å². The number of alkyl halides is 1. The summed E-state index contributed by atoms with van der Waals surface area (Å²) in [5, 5.41) is 2.98. The van der Waals surface area contributed by atoms with Crippen molar-refractivity contribution in [1.82, 2.24) is 4.98 Å². The van der Waals surface area contributed by atoms with Crippen LogP contribution in [0.3, 0.4) is 0 Å². The molecule has 0 radical (unpaired) electrons. The molecule has 2 rings (SSSR count). The first kappa shape index (κ1) is 11.3. The van der Waals surface area contributed by atoms with Gasteiger partial charge in [0.25, 0.3) is 0 Å². The van der Waals surface area contributed by atoms with E-state index in [4.69, 9.17) is 11.6 Å². The zero-order valence-corrected chi connectivity index (χ0v) is 9.74. The highest BCUT2D eigenvalue weighted by Crippen LogP contribution is 2.27. The van der Waals surface area contributed by atoms with Crippen LogP contribution < -0.4 is 5.32 Å². The highest BCUT2D eigenvalue weighted by atomic mass is 35.5. The van der Waals surface area contributed by atoms with Crippen molar-refractivity contribution in [2.75, 3.05) is 11.2 Å². The molecule has 0 unspecified atom stereocenters. The number of anilines is 1. The van der Waals surface area contributed by atoms with Gasteiger partial charge in [0.2, 0.25) is 5.91 Å².